The van der Waals surface area contributed by atoms with E-state index in [1.165, 1.54) is 8.61 Å². The highest BCUT2D eigenvalue weighted by molar-refractivity contribution is 7.86. The summed E-state index contributed by atoms with van der Waals surface area (Å²) in [7, 11) is -3.46. The van der Waals surface area contributed by atoms with Gasteiger partial charge in [0.15, 0.2) is 0 Å². The van der Waals surface area contributed by atoms with Crippen LogP contribution in [0, 0.1) is 0 Å². The molecule has 3 fully saturated rings. The van der Waals surface area contributed by atoms with Crippen molar-refractivity contribution in [1.82, 2.24) is 13.5 Å². The number of nitrogens with zero attached hydrogens (tertiary/aromatic N) is 3. The van der Waals surface area contributed by atoms with Crippen LogP contribution in [0.4, 0.5) is 0 Å². The SMILES string of the molecule is O=S(=O)(N1CCOCC1)N1C[C@@H](O)[C@H](N2CCCC2)C1. The molecule has 0 amide bonds. The Hall–Kier alpha value is -0.250. The van der Waals surface area contributed by atoms with Crippen molar-refractivity contribution in [3.8, 4) is 0 Å². The number of hydrogen-bond acceptors (Lipinski definition) is 5. The van der Waals surface area contributed by atoms with Gasteiger partial charge in [0.1, 0.15) is 0 Å². The first-order chi connectivity index (χ1) is 9.59. The van der Waals surface area contributed by atoms with Gasteiger partial charge in [0.2, 0.25) is 0 Å². The Kier molecular flexibility index (Phi) is 4.30. The van der Waals surface area contributed by atoms with E-state index in [0.29, 0.717) is 32.8 Å². The van der Waals surface area contributed by atoms with Gasteiger partial charge in [0.05, 0.1) is 25.4 Å². The number of aliphatic hydroxyl groups is 1. The van der Waals surface area contributed by atoms with Crippen LogP contribution < -0.4 is 0 Å². The molecule has 3 saturated heterocycles. The topological polar surface area (TPSA) is 73.3 Å². The number of hydrogen-bond donors (Lipinski definition) is 1. The number of likely N-dealkylation sites (tertiary alicyclic amines) is 1. The molecule has 1 N–H and O–H groups in total. The minimum Gasteiger partial charge on any atom is -0.390 e. The summed E-state index contributed by atoms with van der Waals surface area (Å²) in [4.78, 5) is 2.22. The third kappa shape index (κ3) is 2.72. The fourth-order valence-electron chi connectivity index (χ4n) is 3.30. The lowest BCUT2D eigenvalue weighted by atomic mass is 10.2. The first-order valence-corrected chi connectivity index (χ1v) is 8.74. The second-order valence-electron chi connectivity index (χ2n) is 5.71. The Labute approximate surface area is 120 Å². The lowest BCUT2D eigenvalue weighted by Gasteiger charge is -2.30. The highest BCUT2D eigenvalue weighted by Gasteiger charge is 2.43. The lowest BCUT2D eigenvalue weighted by molar-refractivity contribution is 0.0703. The molecular weight excluding hydrogens is 282 g/mol. The van der Waals surface area contributed by atoms with Crippen LogP contribution in [0.2, 0.25) is 0 Å². The van der Waals surface area contributed by atoms with Crippen LogP contribution in [0.3, 0.4) is 0 Å². The smallest absolute Gasteiger partial charge is 0.282 e. The van der Waals surface area contributed by atoms with Crippen molar-refractivity contribution in [1.29, 1.82) is 0 Å². The van der Waals surface area contributed by atoms with E-state index < -0.39 is 16.3 Å². The van der Waals surface area contributed by atoms with Gasteiger partial charge < -0.3 is 9.84 Å². The van der Waals surface area contributed by atoms with Gasteiger partial charge >= 0.3 is 0 Å². The molecule has 0 unspecified atom stereocenters. The van der Waals surface area contributed by atoms with Crippen LogP contribution in [0.15, 0.2) is 0 Å². The molecule has 0 aromatic heterocycles. The van der Waals surface area contributed by atoms with E-state index in [-0.39, 0.29) is 12.6 Å². The van der Waals surface area contributed by atoms with Gasteiger partial charge in [0.25, 0.3) is 10.2 Å². The Morgan fingerprint density at radius 3 is 2.25 bits per heavy atom. The van der Waals surface area contributed by atoms with E-state index in [4.69, 9.17) is 4.74 Å². The molecule has 116 valence electrons. The van der Waals surface area contributed by atoms with Crippen LogP contribution in [-0.4, -0.2) is 91.7 Å². The molecule has 2 atom stereocenters. The first kappa shape index (κ1) is 14.7. The Morgan fingerprint density at radius 2 is 1.60 bits per heavy atom. The number of morpholine rings is 1. The molecule has 0 radical (unpaired) electrons. The average Bonchev–Trinajstić information content (AvgIpc) is 3.08. The fourth-order valence-corrected chi connectivity index (χ4v) is 4.92. The number of rotatable bonds is 3. The Morgan fingerprint density at radius 1 is 0.950 bits per heavy atom. The monoisotopic (exact) mass is 305 g/mol. The quantitative estimate of drug-likeness (QED) is 0.702. The van der Waals surface area contributed by atoms with Gasteiger partial charge in [-0.15, -0.1) is 0 Å². The third-order valence-electron chi connectivity index (χ3n) is 4.46. The van der Waals surface area contributed by atoms with Gasteiger partial charge in [0, 0.05) is 26.2 Å². The molecule has 7 nitrogen and oxygen atoms in total. The molecule has 0 spiro atoms. The number of β-amino-alcohol motifs (C(OH)–C–C–N with tert-alkyl or cyclic N) is 1. The van der Waals surface area contributed by atoms with E-state index in [2.05, 4.69) is 4.90 Å². The van der Waals surface area contributed by atoms with Crippen LogP contribution in [0.5, 0.6) is 0 Å². The zero-order valence-corrected chi connectivity index (χ0v) is 12.5. The molecule has 3 aliphatic heterocycles. The van der Waals surface area contributed by atoms with E-state index in [9.17, 15) is 13.5 Å². The molecular formula is C12H23N3O4S. The molecule has 3 aliphatic rings. The minimum absolute atomic E-state index is 0.0479. The van der Waals surface area contributed by atoms with Gasteiger partial charge in [-0.3, -0.25) is 4.90 Å². The average molecular weight is 305 g/mol. The normalized spacial score (nSPS) is 34.9. The minimum atomic E-state index is -3.46. The van der Waals surface area contributed by atoms with Crippen molar-refractivity contribution in [2.45, 2.75) is 25.0 Å². The largest absolute Gasteiger partial charge is 0.390 e. The number of ether oxygens (including phenoxy) is 1. The summed E-state index contributed by atoms with van der Waals surface area (Å²) in [6, 6.07) is -0.0479. The second-order valence-corrected chi connectivity index (χ2v) is 7.64. The summed E-state index contributed by atoms with van der Waals surface area (Å²) in [5, 5.41) is 10.2. The Bertz CT molecular complexity index is 432. The van der Waals surface area contributed by atoms with Gasteiger partial charge in [-0.05, 0) is 25.9 Å². The maximum Gasteiger partial charge on any atom is 0.282 e. The van der Waals surface area contributed by atoms with Crippen molar-refractivity contribution in [2.24, 2.45) is 0 Å². The van der Waals surface area contributed by atoms with Crippen LogP contribution in [-0.2, 0) is 14.9 Å². The van der Waals surface area contributed by atoms with Gasteiger partial charge in [-0.1, -0.05) is 0 Å². The maximum atomic E-state index is 12.6. The van der Waals surface area contributed by atoms with Crippen molar-refractivity contribution in [2.75, 3.05) is 52.5 Å². The predicted molar refractivity (Wildman–Crippen MR) is 73.5 cm³/mol. The standard InChI is InChI=1S/C12H23N3O4S/c16-12-10-15(9-11(12)13-3-1-2-4-13)20(17,18)14-5-7-19-8-6-14/h11-12,16H,1-10H2/t11-,12-/m1/s1. The summed E-state index contributed by atoms with van der Waals surface area (Å²) in [6.07, 6.45) is 1.70. The molecule has 0 aromatic carbocycles. The summed E-state index contributed by atoms with van der Waals surface area (Å²) in [6.45, 7) is 4.25. The van der Waals surface area contributed by atoms with Crippen LogP contribution >= 0.6 is 0 Å². The van der Waals surface area contributed by atoms with Crippen molar-refractivity contribution in [3.05, 3.63) is 0 Å². The lowest BCUT2D eigenvalue weighted by Crippen LogP contribution is -2.48. The van der Waals surface area contributed by atoms with E-state index in [0.717, 1.165) is 25.9 Å². The molecule has 20 heavy (non-hydrogen) atoms. The van der Waals surface area contributed by atoms with E-state index in [1.54, 1.807) is 0 Å². The highest BCUT2D eigenvalue weighted by atomic mass is 32.2. The van der Waals surface area contributed by atoms with E-state index in [1.807, 2.05) is 0 Å². The maximum absolute atomic E-state index is 12.6. The third-order valence-corrected chi connectivity index (χ3v) is 6.43. The van der Waals surface area contributed by atoms with Crippen LogP contribution in [0.1, 0.15) is 12.8 Å². The first-order valence-electron chi connectivity index (χ1n) is 7.34. The fraction of sp³-hybridized carbons (Fsp3) is 1.00. The molecule has 0 aliphatic carbocycles. The zero-order valence-electron chi connectivity index (χ0n) is 11.6. The van der Waals surface area contributed by atoms with E-state index >= 15 is 0 Å². The highest BCUT2D eigenvalue weighted by Crippen LogP contribution is 2.24. The van der Waals surface area contributed by atoms with Gasteiger partial charge in [-0.25, -0.2) is 0 Å². The van der Waals surface area contributed by atoms with Crippen molar-refractivity contribution < 1.29 is 18.3 Å². The molecule has 8 heteroatoms. The van der Waals surface area contributed by atoms with Crippen LogP contribution in [0.25, 0.3) is 0 Å². The number of aliphatic hydroxyl groups excluding tert-OH is 1. The van der Waals surface area contributed by atoms with Crippen molar-refractivity contribution >= 4 is 10.2 Å². The van der Waals surface area contributed by atoms with Crippen molar-refractivity contribution in [3.63, 3.8) is 0 Å². The van der Waals surface area contributed by atoms with Gasteiger partial charge in [-0.2, -0.15) is 17.0 Å². The molecule has 3 rings (SSSR count). The molecule has 0 aromatic rings. The zero-order chi connectivity index (χ0) is 14.2. The predicted octanol–water partition coefficient (Wildman–Crippen LogP) is -1.30. The Balaban J connectivity index is 1.68. The molecule has 3 heterocycles. The summed E-state index contributed by atoms with van der Waals surface area (Å²) < 4.78 is 33.2. The summed E-state index contributed by atoms with van der Waals surface area (Å²) in [5.41, 5.74) is 0. The summed E-state index contributed by atoms with van der Waals surface area (Å²) in [5.74, 6) is 0. The second kappa shape index (κ2) is 5.86. The molecule has 0 bridgehead atoms. The molecule has 0 saturated carbocycles. The summed E-state index contributed by atoms with van der Waals surface area (Å²) >= 11 is 0.